The number of amides is 1. The van der Waals surface area contributed by atoms with Crippen LogP contribution in [0.15, 0.2) is 84.7 Å². The zero-order valence-corrected chi connectivity index (χ0v) is 33.4. The summed E-state index contributed by atoms with van der Waals surface area (Å²) < 4.78 is 29.8. The number of hydrogen-bond donors (Lipinski definition) is 8. The standard InChI is InChI=1S/C27H31ClFN5O4.2C7H7NO3/c1-36-10-9-34-7-5-18(6-8-34)13-26(35)33-24-15-20-23(16-25(24)38-12-11-37-2)30-17-31-27(20)32-19-3-4-22(29)21(28)14-19;2*8-4-1-2-5(7(10)11)6(9)3-4/h3-4,13-17H,5-12H2,1-2H3,(H,33,35)(H,30,31,32);2*1-3,9H,8H2,(H,10,11). The monoisotopic (exact) mass is 849 g/mol. The van der Waals surface area contributed by atoms with Crippen molar-refractivity contribution in [3.63, 3.8) is 0 Å². The topological polar surface area (TPSA) is 265 Å². The lowest BCUT2D eigenvalue weighted by Gasteiger charge is -2.27. The molecule has 5 aromatic rings. The minimum Gasteiger partial charge on any atom is -0.507 e. The first-order valence-electron chi connectivity index (χ1n) is 18.2. The maximum atomic E-state index is 13.6. The van der Waals surface area contributed by atoms with E-state index in [2.05, 4.69) is 25.5 Å². The number of benzene rings is 4. The lowest BCUT2D eigenvalue weighted by Crippen LogP contribution is -2.33. The average molecular weight is 850 g/mol. The number of ether oxygens (including phenoxy) is 3. The van der Waals surface area contributed by atoms with E-state index >= 15 is 0 Å². The summed E-state index contributed by atoms with van der Waals surface area (Å²) in [5.41, 5.74) is 13.7. The van der Waals surface area contributed by atoms with Crippen LogP contribution < -0.4 is 26.8 Å². The predicted molar refractivity (Wildman–Crippen MR) is 225 cm³/mol. The van der Waals surface area contributed by atoms with Crippen molar-refractivity contribution in [3.8, 4) is 17.2 Å². The average Bonchev–Trinajstić information content (AvgIpc) is 3.19. The van der Waals surface area contributed by atoms with E-state index in [0.29, 0.717) is 65.0 Å². The van der Waals surface area contributed by atoms with Crippen LogP contribution in [0.5, 0.6) is 17.2 Å². The lowest BCUT2D eigenvalue weighted by molar-refractivity contribution is -0.112. The summed E-state index contributed by atoms with van der Waals surface area (Å²) in [5, 5.41) is 41.7. The molecule has 1 aliphatic rings. The number of nitrogens with zero attached hydrogens (tertiary/aromatic N) is 3. The number of likely N-dealkylation sites (tertiary alicyclic amines) is 1. The highest BCUT2D eigenvalue weighted by Gasteiger charge is 2.17. The Kier molecular flexibility index (Phi) is 17.2. The van der Waals surface area contributed by atoms with Gasteiger partial charge in [-0.2, -0.15) is 0 Å². The van der Waals surface area contributed by atoms with Gasteiger partial charge in [0.05, 0.1) is 29.4 Å². The number of nitrogen functional groups attached to an aromatic ring is 2. The molecule has 0 aliphatic carbocycles. The van der Waals surface area contributed by atoms with Gasteiger partial charge in [-0.3, -0.25) is 4.79 Å². The van der Waals surface area contributed by atoms with Crippen molar-refractivity contribution in [1.82, 2.24) is 14.9 Å². The summed E-state index contributed by atoms with van der Waals surface area (Å²) in [4.78, 5) is 44.7. The Morgan fingerprint density at radius 2 is 1.47 bits per heavy atom. The van der Waals surface area contributed by atoms with Crippen molar-refractivity contribution in [2.75, 3.05) is 75.8 Å². The molecular weight excluding hydrogens is 805 g/mol. The maximum Gasteiger partial charge on any atom is 0.339 e. The van der Waals surface area contributed by atoms with Gasteiger partial charge in [-0.1, -0.05) is 17.2 Å². The Morgan fingerprint density at radius 3 is 2.02 bits per heavy atom. The molecular formula is C41H45ClFN7O10. The fourth-order valence-electron chi connectivity index (χ4n) is 5.59. The smallest absolute Gasteiger partial charge is 0.339 e. The van der Waals surface area contributed by atoms with Crippen molar-refractivity contribution in [3.05, 3.63) is 107 Å². The van der Waals surface area contributed by atoms with Gasteiger partial charge in [-0.15, -0.1) is 0 Å². The minimum atomic E-state index is -1.16. The van der Waals surface area contributed by atoms with E-state index in [-0.39, 0.29) is 33.6 Å². The van der Waals surface area contributed by atoms with E-state index < -0.39 is 17.8 Å². The first-order valence-corrected chi connectivity index (χ1v) is 18.5. The number of carboxylic acids is 2. The summed E-state index contributed by atoms with van der Waals surface area (Å²) >= 11 is 5.94. The van der Waals surface area contributed by atoms with Gasteiger partial charge in [0.25, 0.3) is 0 Å². The number of rotatable bonds is 13. The summed E-state index contributed by atoms with van der Waals surface area (Å²) in [6.45, 7) is 4.05. The summed E-state index contributed by atoms with van der Waals surface area (Å²) in [5.74, 6) is -2.76. The molecule has 0 spiro atoms. The van der Waals surface area contributed by atoms with Gasteiger partial charge in [0, 0.05) is 80.6 Å². The van der Waals surface area contributed by atoms with Crippen LogP contribution in [0, 0.1) is 5.82 Å². The molecule has 10 N–H and O–H groups in total. The number of carbonyl (C=O) groups is 3. The van der Waals surface area contributed by atoms with Crippen molar-refractivity contribution in [2.45, 2.75) is 12.8 Å². The van der Waals surface area contributed by atoms with Crippen LogP contribution in [0.3, 0.4) is 0 Å². The number of aromatic nitrogens is 2. The molecule has 2 heterocycles. The van der Waals surface area contributed by atoms with Crippen LogP contribution in [0.1, 0.15) is 33.6 Å². The molecule has 1 fully saturated rings. The summed E-state index contributed by atoms with van der Waals surface area (Å²) in [6.07, 6.45) is 4.73. The minimum absolute atomic E-state index is 0.00675. The Morgan fingerprint density at radius 1 is 0.850 bits per heavy atom. The number of methoxy groups -OCH3 is 2. The largest absolute Gasteiger partial charge is 0.507 e. The molecule has 60 heavy (non-hydrogen) atoms. The van der Waals surface area contributed by atoms with Crippen LogP contribution in [0.2, 0.25) is 5.02 Å². The number of carboxylic acid groups (broad SMARTS) is 2. The van der Waals surface area contributed by atoms with E-state index in [4.69, 9.17) is 57.7 Å². The zero-order chi connectivity index (χ0) is 43.8. The SMILES string of the molecule is COCCOc1cc2ncnc(Nc3ccc(F)c(Cl)c3)c2cc1NC(=O)C=C1CCN(CCOC)CC1.Nc1ccc(C(=O)O)c(O)c1.Nc1ccc(C(=O)O)c(O)c1. The third-order valence-corrected chi connectivity index (χ3v) is 8.96. The Bertz CT molecular complexity index is 2260. The van der Waals surface area contributed by atoms with Crippen LogP contribution in [0.25, 0.3) is 10.9 Å². The number of anilines is 5. The zero-order valence-electron chi connectivity index (χ0n) is 32.7. The van der Waals surface area contributed by atoms with Crippen molar-refractivity contribution in [2.24, 2.45) is 0 Å². The van der Waals surface area contributed by atoms with Gasteiger partial charge in [0.1, 0.15) is 52.9 Å². The van der Waals surface area contributed by atoms with Crippen LogP contribution in [-0.2, 0) is 14.3 Å². The lowest BCUT2D eigenvalue weighted by atomic mass is 10.0. The van der Waals surface area contributed by atoms with Crippen molar-refractivity contribution >= 4 is 68.9 Å². The van der Waals surface area contributed by atoms with Gasteiger partial charge in [-0.05, 0) is 61.4 Å². The fourth-order valence-corrected chi connectivity index (χ4v) is 5.77. The molecule has 1 aromatic heterocycles. The number of fused-ring (bicyclic) bond motifs is 1. The summed E-state index contributed by atoms with van der Waals surface area (Å²) in [7, 11) is 3.29. The number of aromatic carboxylic acids is 2. The molecule has 0 atom stereocenters. The highest BCUT2D eigenvalue weighted by Crippen LogP contribution is 2.34. The van der Waals surface area contributed by atoms with Crippen LogP contribution in [-0.4, -0.2) is 107 Å². The van der Waals surface area contributed by atoms with E-state index in [1.807, 2.05) is 0 Å². The van der Waals surface area contributed by atoms with Gasteiger partial charge in [0.15, 0.2) is 0 Å². The Hall–Kier alpha value is -6.73. The number of carbonyl (C=O) groups excluding carboxylic acids is 1. The number of aromatic hydroxyl groups is 2. The van der Waals surface area contributed by atoms with Gasteiger partial charge >= 0.3 is 11.9 Å². The molecule has 0 bridgehead atoms. The molecule has 318 valence electrons. The second kappa shape index (κ2) is 22.4. The van der Waals surface area contributed by atoms with E-state index in [1.54, 1.807) is 38.5 Å². The molecule has 17 nitrogen and oxygen atoms in total. The molecule has 19 heteroatoms. The number of hydrogen-bond acceptors (Lipinski definition) is 14. The number of piperidine rings is 1. The van der Waals surface area contributed by atoms with Crippen LogP contribution in [0.4, 0.5) is 33.0 Å². The first kappa shape index (κ1) is 46.0. The third kappa shape index (κ3) is 13.7. The summed E-state index contributed by atoms with van der Waals surface area (Å²) in [6, 6.07) is 15.6. The molecule has 1 saturated heterocycles. The third-order valence-electron chi connectivity index (χ3n) is 8.67. The van der Waals surface area contributed by atoms with E-state index in [1.165, 1.54) is 54.9 Å². The Labute approximate surface area is 349 Å². The fraction of sp³-hybridized carbons (Fsp3) is 0.244. The van der Waals surface area contributed by atoms with Gasteiger partial charge < -0.3 is 61.6 Å². The quantitative estimate of drug-likeness (QED) is 0.0375. The first-order chi connectivity index (χ1) is 28.7. The molecule has 1 aliphatic heterocycles. The number of nitrogens with one attached hydrogen (secondary N) is 2. The second-order valence-electron chi connectivity index (χ2n) is 13.0. The Balaban J connectivity index is 0.000000291. The molecule has 4 aromatic carbocycles. The van der Waals surface area contributed by atoms with E-state index in [9.17, 15) is 18.8 Å². The molecule has 0 saturated carbocycles. The predicted octanol–water partition coefficient (Wildman–Crippen LogP) is 6.14. The highest BCUT2D eigenvalue weighted by atomic mass is 35.5. The van der Waals surface area contributed by atoms with E-state index in [0.717, 1.165) is 38.0 Å². The number of halogens is 2. The van der Waals surface area contributed by atoms with Crippen molar-refractivity contribution in [1.29, 1.82) is 0 Å². The van der Waals surface area contributed by atoms with Crippen LogP contribution >= 0.6 is 11.6 Å². The second-order valence-corrected chi connectivity index (χ2v) is 13.4. The molecule has 0 radical (unpaired) electrons. The van der Waals surface area contributed by atoms with Gasteiger partial charge in [-0.25, -0.2) is 23.9 Å². The number of phenols is 2. The van der Waals surface area contributed by atoms with Crippen molar-refractivity contribution < 1.29 is 53.4 Å². The molecule has 6 rings (SSSR count). The van der Waals surface area contributed by atoms with Gasteiger partial charge in [0.2, 0.25) is 5.91 Å². The highest BCUT2D eigenvalue weighted by molar-refractivity contribution is 6.31. The normalized spacial score (nSPS) is 12.3. The maximum absolute atomic E-state index is 13.6. The molecule has 0 unspecified atom stereocenters. The number of nitrogens with two attached hydrogens (primary N) is 2. The molecule has 1 amide bonds.